The third-order valence-corrected chi connectivity index (χ3v) is 2.86. The molecule has 0 saturated heterocycles. The van der Waals surface area contributed by atoms with Crippen molar-refractivity contribution in [2.45, 2.75) is 0 Å². The van der Waals surface area contributed by atoms with Gasteiger partial charge in [0.2, 0.25) is 0 Å². The van der Waals surface area contributed by atoms with Crippen molar-refractivity contribution < 1.29 is 9.59 Å². The molecule has 0 bridgehead atoms. The average molecular weight is 264 g/mol. The van der Waals surface area contributed by atoms with Gasteiger partial charge in [0.15, 0.2) is 0 Å². The van der Waals surface area contributed by atoms with Crippen LogP contribution in [0.4, 0.5) is 5.69 Å². The van der Waals surface area contributed by atoms with E-state index in [2.05, 4.69) is 21.9 Å². The third kappa shape index (κ3) is 1.36. The van der Waals surface area contributed by atoms with Crippen LogP contribution in [0.15, 0.2) is 22.7 Å². The summed E-state index contributed by atoms with van der Waals surface area (Å²) in [5.41, 5.74) is 0.982. The van der Waals surface area contributed by atoms with Crippen molar-refractivity contribution >= 4 is 33.3 Å². The number of carbonyl (C=O) groups is 2. The molecule has 15 heavy (non-hydrogen) atoms. The number of ketones is 1. The number of anilines is 1. The van der Waals surface area contributed by atoms with Gasteiger partial charge < -0.3 is 0 Å². The summed E-state index contributed by atoms with van der Waals surface area (Å²) < 4.78 is 0.623. The molecule has 74 valence electrons. The number of carbonyl (C=O) groups excluding carboxylic acids is 2. The van der Waals surface area contributed by atoms with E-state index in [4.69, 9.17) is 6.42 Å². The van der Waals surface area contributed by atoms with Gasteiger partial charge in [-0.2, -0.15) is 0 Å². The number of terminal acetylenes is 1. The first-order valence-electron chi connectivity index (χ1n) is 4.25. The van der Waals surface area contributed by atoms with Gasteiger partial charge in [0.05, 0.1) is 17.8 Å². The number of nitrogens with zero attached hydrogens (tertiary/aromatic N) is 1. The zero-order chi connectivity index (χ0) is 11.0. The quantitative estimate of drug-likeness (QED) is 0.571. The molecule has 2 rings (SSSR count). The molecule has 0 atom stereocenters. The van der Waals surface area contributed by atoms with Gasteiger partial charge in [0.1, 0.15) is 0 Å². The van der Waals surface area contributed by atoms with E-state index in [9.17, 15) is 9.59 Å². The second-order valence-corrected chi connectivity index (χ2v) is 3.91. The zero-order valence-corrected chi connectivity index (χ0v) is 9.24. The van der Waals surface area contributed by atoms with Crippen LogP contribution in [-0.2, 0) is 4.79 Å². The predicted octanol–water partition coefficient (Wildman–Crippen LogP) is 1.61. The van der Waals surface area contributed by atoms with Gasteiger partial charge in [-0.15, -0.1) is 6.42 Å². The lowest BCUT2D eigenvalue weighted by Crippen LogP contribution is -2.29. The Morgan fingerprint density at radius 3 is 2.80 bits per heavy atom. The van der Waals surface area contributed by atoms with Gasteiger partial charge in [-0.3, -0.25) is 14.5 Å². The van der Waals surface area contributed by atoms with E-state index in [0.29, 0.717) is 15.7 Å². The maximum absolute atomic E-state index is 11.6. The first-order valence-corrected chi connectivity index (χ1v) is 5.04. The Kier molecular flexibility index (Phi) is 2.33. The summed E-state index contributed by atoms with van der Waals surface area (Å²) in [6.45, 7) is 0.119. The molecule has 1 heterocycles. The van der Waals surface area contributed by atoms with E-state index in [1.54, 1.807) is 18.2 Å². The predicted molar refractivity (Wildman–Crippen MR) is 59.7 cm³/mol. The summed E-state index contributed by atoms with van der Waals surface area (Å²) in [6.07, 6.45) is 5.14. The number of hydrogen-bond acceptors (Lipinski definition) is 2. The first kappa shape index (κ1) is 9.94. The van der Waals surface area contributed by atoms with E-state index < -0.39 is 11.7 Å². The number of hydrogen-bond donors (Lipinski definition) is 0. The molecule has 0 saturated carbocycles. The van der Waals surface area contributed by atoms with Gasteiger partial charge in [-0.1, -0.05) is 12.0 Å². The van der Waals surface area contributed by atoms with Gasteiger partial charge in [0, 0.05) is 4.47 Å². The fraction of sp³-hybridized carbons (Fsp3) is 0.0909. The number of rotatable bonds is 1. The Balaban J connectivity index is 2.61. The third-order valence-electron chi connectivity index (χ3n) is 2.20. The Bertz CT molecular complexity index is 502. The summed E-state index contributed by atoms with van der Waals surface area (Å²) in [6, 6.07) is 5.20. The highest BCUT2D eigenvalue weighted by atomic mass is 79.9. The standard InChI is InChI=1S/C11H6BrNO2/c1-2-6-13-8-5-3-4-7(12)9(8)10(14)11(13)15/h1,3-5H,6H2. The molecule has 0 unspecified atom stereocenters. The summed E-state index contributed by atoms with van der Waals surface area (Å²) >= 11 is 3.24. The molecule has 0 aromatic heterocycles. The molecule has 0 radical (unpaired) electrons. The maximum atomic E-state index is 11.6. The molecule has 1 aliphatic rings. The lowest BCUT2D eigenvalue weighted by molar-refractivity contribution is -0.114. The Morgan fingerprint density at radius 2 is 2.13 bits per heavy atom. The summed E-state index contributed by atoms with van der Waals surface area (Å²) in [4.78, 5) is 24.5. The smallest absolute Gasteiger partial charge is 0.293 e. The Hall–Kier alpha value is -1.60. The molecule has 1 aliphatic heterocycles. The van der Waals surface area contributed by atoms with E-state index in [1.807, 2.05) is 0 Å². The fourth-order valence-corrected chi connectivity index (χ4v) is 2.09. The Labute approximate surface area is 95.2 Å². The maximum Gasteiger partial charge on any atom is 0.300 e. The van der Waals surface area contributed by atoms with Crippen LogP contribution in [-0.4, -0.2) is 18.2 Å². The minimum atomic E-state index is -0.560. The van der Waals surface area contributed by atoms with Crippen LogP contribution in [0.2, 0.25) is 0 Å². The van der Waals surface area contributed by atoms with Crippen LogP contribution in [0.5, 0.6) is 0 Å². The van der Waals surface area contributed by atoms with Crippen LogP contribution < -0.4 is 4.90 Å². The molecule has 0 aliphatic carbocycles. The normalized spacial score (nSPS) is 14.0. The molecule has 0 N–H and O–H groups in total. The largest absolute Gasteiger partial charge is 0.300 e. The van der Waals surface area contributed by atoms with E-state index in [1.165, 1.54) is 4.90 Å². The monoisotopic (exact) mass is 263 g/mol. The van der Waals surface area contributed by atoms with Gasteiger partial charge >= 0.3 is 0 Å². The lowest BCUT2D eigenvalue weighted by atomic mass is 10.1. The molecule has 1 aromatic carbocycles. The number of halogens is 1. The number of fused-ring (bicyclic) bond motifs is 1. The van der Waals surface area contributed by atoms with Crippen molar-refractivity contribution in [2.24, 2.45) is 0 Å². The molecular weight excluding hydrogens is 258 g/mol. The second-order valence-electron chi connectivity index (χ2n) is 3.06. The SMILES string of the molecule is C#CCN1C(=O)C(=O)c2c(Br)cccc21. The Morgan fingerprint density at radius 1 is 1.40 bits per heavy atom. The van der Waals surface area contributed by atoms with E-state index >= 15 is 0 Å². The minimum Gasteiger partial charge on any atom is -0.293 e. The fourth-order valence-electron chi connectivity index (χ4n) is 1.55. The number of Topliss-reactive ketones (excluding diaryl/α,β-unsaturated/α-hetero) is 1. The molecule has 4 heteroatoms. The minimum absolute atomic E-state index is 0.119. The summed E-state index contributed by atoms with van der Waals surface area (Å²) in [7, 11) is 0. The van der Waals surface area contributed by atoms with Crippen molar-refractivity contribution in [3.8, 4) is 12.3 Å². The van der Waals surface area contributed by atoms with Gasteiger partial charge in [-0.05, 0) is 28.1 Å². The van der Waals surface area contributed by atoms with Gasteiger partial charge in [0.25, 0.3) is 11.7 Å². The number of amides is 1. The second kappa shape index (κ2) is 3.52. The van der Waals surface area contributed by atoms with Crippen molar-refractivity contribution in [1.29, 1.82) is 0 Å². The summed E-state index contributed by atoms with van der Waals surface area (Å²) in [5.74, 6) is 1.29. The lowest BCUT2D eigenvalue weighted by Gasteiger charge is -2.12. The highest BCUT2D eigenvalue weighted by molar-refractivity contribution is 9.10. The van der Waals surface area contributed by atoms with Crippen LogP contribution in [0, 0.1) is 12.3 Å². The molecule has 0 fully saturated rings. The van der Waals surface area contributed by atoms with E-state index in [0.717, 1.165) is 0 Å². The van der Waals surface area contributed by atoms with Crippen LogP contribution in [0.3, 0.4) is 0 Å². The molecule has 0 spiro atoms. The van der Waals surface area contributed by atoms with Crippen LogP contribution in [0.25, 0.3) is 0 Å². The first-order chi connectivity index (χ1) is 7.16. The number of benzene rings is 1. The van der Waals surface area contributed by atoms with E-state index in [-0.39, 0.29) is 6.54 Å². The highest BCUT2D eigenvalue weighted by Crippen LogP contribution is 2.33. The van der Waals surface area contributed by atoms with Crippen molar-refractivity contribution in [3.63, 3.8) is 0 Å². The summed E-state index contributed by atoms with van der Waals surface area (Å²) in [5, 5.41) is 0. The zero-order valence-electron chi connectivity index (χ0n) is 7.66. The molecule has 1 aromatic rings. The highest BCUT2D eigenvalue weighted by Gasteiger charge is 2.36. The molecular formula is C11H6BrNO2. The average Bonchev–Trinajstić information content (AvgIpc) is 2.45. The van der Waals surface area contributed by atoms with Crippen LogP contribution in [0.1, 0.15) is 10.4 Å². The molecule has 3 nitrogen and oxygen atoms in total. The van der Waals surface area contributed by atoms with Crippen molar-refractivity contribution in [1.82, 2.24) is 0 Å². The van der Waals surface area contributed by atoms with Crippen LogP contribution >= 0.6 is 15.9 Å². The topological polar surface area (TPSA) is 37.4 Å². The van der Waals surface area contributed by atoms with Crippen molar-refractivity contribution in [3.05, 3.63) is 28.2 Å². The van der Waals surface area contributed by atoms with Gasteiger partial charge in [-0.25, -0.2) is 0 Å². The molecule has 1 amide bonds. The van der Waals surface area contributed by atoms with Crippen molar-refractivity contribution in [2.75, 3.05) is 11.4 Å².